The molecule has 2 heterocycles. The molecule has 0 aromatic carbocycles. The third kappa shape index (κ3) is 4.36. The smallest absolute Gasteiger partial charge is 0.244 e. The zero-order valence-corrected chi connectivity index (χ0v) is 13.7. The number of hydrogen-bond acceptors (Lipinski definition) is 5. The Hall–Kier alpha value is -1.25. The summed E-state index contributed by atoms with van der Waals surface area (Å²) in [4.78, 5) is 13.0. The van der Waals surface area contributed by atoms with Crippen molar-refractivity contribution < 1.29 is 13.2 Å². The Morgan fingerprint density at radius 2 is 2.33 bits per heavy atom. The Morgan fingerprint density at radius 3 is 2.95 bits per heavy atom. The van der Waals surface area contributed by atoms with Gasteiger partial charge in [-0.15, -0.1) is 11.3 Å². The Labute approximate surface area is 128 Å². The van der Waals surface area contributed by atoms with E-state index in [0.717, 1.165) is 10.4 Å². The second kappa shape index (κ2) is 6.67. The lowest BCUT2D eigenvalue weighted by atomic mass is 9.99. The van der Waals surface area contributed by atoms with Crippen molar-refractivity contribution in [2.75, 3.05) is 19.3 Å². The number of amides is 1. The highest BCUT2D eigenvalue weighted by molar-refractivity contribution is 7.88. The van der Waals surface area contributed by atoms with E-state index in [2.05, 4.69) is 10.5 Å². The third-order valence-electron chi connectivity index (χ3n) is 3.48. The van der Waals surface area contributed by atoms with E-state index >= 15 is 0 Å². The van der Waals surface area contributed by atoms with Crippen molar-refractivity contribution in [3.05, 3.63) is 21.9 Å². The van der Waals surface area contributed by atoms with E-state index in [1.165, 1.54) is 10.6 Å². The molecular weight excluding hydrogens is 310 g/mol. The van der Waals surface area contributed by atoms with Crippen LogP contribution in [0.1, 0.15) is 23.3 Å². The molecule has 2 rings (SSSR count). The fraction of sp³-hybridized carbons (Fsp3) is 0.538. The van der Waals surface area contributed by atoms with E-state index in [4.69, 9.17) is 0 Å². The van der Waals surface area contributed by atoms with Crippen LogP contribution in [-0.4, -0.2) is 44.2 Å². The van der Waals surface area contributed by atoms with Crippen molar-refractivity contribution in [2.45, 2.75) is 19.8 Å². The van der Waals surface area contributed by atoms with Gasteiger partial charge in [0.1, 0.15) is 0 Å². The fourth-order valence-corrected chi connectivity index (χ4v) is 3.92. The van der Waals surface area contributed by atoms with Crippen LogP contribution < -0.4 is 5.43 Å². The zero-order valence-electron chi connectivity index (χ0n) is 12.1. The molecule has 6 nitrogen and oxygen atoms in total. The molecule has 1 N–H and O–H groups in total. The van der Waals surface area contributed by atoms with Gasteiger partial charge in [0.05, 0.1) is 18.4 Å². The second-order valence-electron chi connectivity index (χ2n) is 5.16. The number of nitrogens with zero attached hydrogens (tertiary/aromatic N) is 2. The number of hydrogen-bond donors (Lipinski definition) is 1. The first kappa shape index (κ1) is 16.1. The monoisotopic (exact) mass is 329 g/mol. The summed E-state index contributed by atoms with van der Waals surface area (Å²) < 4.78 is 24.4. The molecule has 116 valence electrons. The van der Waals surface area contributed by atoms with E-state index in [1.807, 2.05) is 18.4 Å². The molecular formula is C13H19N3O3S2. The average molecular weight is 329 g/mol. The van der Waals surface area contributed by atoms with Crippen LogP contribution in [0.5, 0.6) is 0 Å². The van der Waals surface area contributed by atoms with E-state index in [0.29, 0.717) is 19.4 Å². The minimum absolute atomic E-state index is 0.228. The van der Waals surface area contributed by atoms with Gasteiger partial charge >= 0.3 is 0 Å². The van der Waals surface area contributed by atoms with Gasteiger partial charge in [0.2, 0.25) is 15.9 Å². The third-order valence-corrected chi connectivity index (χ3v) is 5.71. The lowest BCUT2D eigenvalue weighted by Crippen LogP contribution is -2.44. The van der Waals surface area contributed by atoms with Gasteiger partial charge in [-0.3, -0.25) is 4.79 Å². The highest BCUT2D eigenvalue weighted by Crippen LogP contribution is 2.18. The molecule has 1 saturated heterocycles. The van der Waals surface area contributed by atoms with Crippen LogP contribution in [0.15, 0.2) is 16.5 Å². The molecule has 1 aromatic heterocycles. The number of nitrogens with one attached hydrogen (secondary N) is 1. The number of carbonyl (C=O) groups is 1. The largest absolute Gasteiger partial charge is 0.273 e. The van der Waals surface area contributed by atoms with Gasteiger partial charge in [0.15, 0.2) is 0 Å². The van der Waals surface area contributed by atoms with Gasteiger partial charge in [-0.25, -0.2) is 18.1 Å². The van der Waals surface area contributed by atoms with E-state index in [-0.39, 0.29) is 18.4 Å². The summed E-state index contributed by atoms with van der Waals surface area (Å²) in [5.74, 6) is -0.566. The summed E-state index contributed by atoms with van der Waals surface area (Å²) in [5, 5.41) is 5.92. The Morgan fingerprint density at radius 1 is 1.57 bits per heavy atom. The van der Waals surface area contributed by atoms with E-state index in [9.17, 15) is 13.2 Å². The molecule has 1 amide bonds. The summed E-state index contributed by atoms with van der Waals surface area (Å²) in [5.41, 5.74) is 3.62. The second-order valence-corrected chi connectivity index (χ2v) is 8.09. The summed E-state index contributed by atoms with van der Waals surface area (Å²) in [7, 11) is -3.24. The van der Waals surface area contributed by atoms with Crippen molar-refractivity contribution in [2.24, 2.45) is 11.0 Å². The van der Waals surface area contributed by atoms with Crippen molar-refractivity contribution in [3.8, 4) is 0 Å². The van der Waals surface area contributed by atoms with Crippen LogP contribution in [0.4, 0.5) is 0 Å². The normalized spacial score (nSPS) is 20.8. The highest BCUT2D eigenvalue weighted by Gasteiger charge is 2.29. The lowest BCUT2D eigenvalue weighted by Gasteiger charge is -2.29. The Bertz CT molecular complexity index is 637. The molecule has 1 fully saturated rings. The summed E-state index contributed by atoms with van der Waals surface area (Å²) in [6, 6.07) is 1.99. The zero-order chi connectivity index (χ0) is 15.5. The van der Waals surface area contributed by atoms with Crippen LogP contribution in [0, 0.1) is 12.8 Å². The minimum atomic E-state index is -3.24. The number of carbonyl (C=O) groups excluding carboxylic acids is 1. The van der Waals surface area contributed by atoms with Crippen molar-refractivity contribution in [1.82, 2.24) is 9.73 Å². The summed E-state index contributed by atoms with van der Waals surface area (Å²) in [6.45, 7) is 2.70. The maximum Gasteiger partial charge on any atom is 0.244 e. The molecule has 1 aliphatic heterocycles. The molecule has 0 radical (unpaired) electrons. The quantitative estimate of drug-likeness (QED) is 0.665. The SMILES string of the molecule is Cc1ccsc1/C=N\NC(=O)[C@H]1CCCN(S(C)(=O)=O)C1. The van der Waals surface area contributed by atoms with E-state index in [1.54, 1.807) is 17.6 Å². The van der Waals surface area contributed by atoms with Gasteiger partial charge in [-0.1, -0.05) is 0 Å². The first-order valence-electron chi connectivity index (χ1n) is 6.70. The van der Waals surface area contributed by atoms with Gasteiger partial charge in [-0.2, -0.15) is 5.10 Å². The van der Waals surface area contributed by atoms with Crippen molar-refractivity contribution >= 4 is 33.5 Å². The van der Waals surface area contributed by atoms with Crippen molar-refractivity contribution in [3.63, 3.8) is 0 Å². The van der Waals surface area contributed by atoms with Crippen LogP contribution in [0.2, 0.25) is 0 Å². The van der Waals surface area contributed by atoms with Crippen LogP contribution in [-0.2, 0) is 14.8 Å². The van der Waals surface area contributed by atoms with Crippen LogP contribution in [0.3, 0.4) is 0 Å². The maximum atomic E-state index is 12.0. The number of hydrazone groups is 1. The summed E-state index contributed by atoms with van der Waals surface area (Å²) in [6.07, 6.45) is 4.17. The minimum Gasteiger partial charge on any atom is -0.273 e. The molecule has 0 saturated carbocycles. The number of aryl methyl sites for hydroxylation is 1. The molecule has 0 bridgehead atoms. The molecule has 1 atom stereocenters. The van der Waals surface area contributed by atoms with Crippen LogP contribution >= 0.6 is 11.3 Å². The van der Waals surface area contributed by atoms with Gasteiger partial charge in [0.25, 0.3) is 0 Å². The summed E-state index contributed by atoms with van der Waals surface area (Å²) >= 11 is 1.55. The Balaban J connectivity index is 1.91. The lowest BCUT2D eigenvalue weighted by molar-refractivity contribution is -0.126. The molecule has 0 aliphatic carbocycles. The standard InChI is InChI=1S/C13H19N3O3S2/c1-10-5-7-20-12(10)8-14-15-13(17)11-4-3-6-16(9-11)21(2,18)19/h5,7-8,11H,3-4,6,9H2,1-2H3,(H,15,17)/b14-8-/t11-/m0/s1. The maximum absolute atomic E-state index is 12.0. The highest BCUT2D eigenvalue weighted by atomic mass is 32.2. The molecule has 0 unspecified atom stereocenters. The molecule has 1 aromatic rings. The molecule has 8 heteroatoms. The van der Waals surface area contributed by atoms with Gasteiger partial charge in [-0.05, 0) is 36.8 Å². The number of thiophene rings is 1. The first-order valence-corrected chi connectivity index (χ1v) is 9.43. The first-order chi connectivity index (χ1) is 9.88. The Kier molecular flexibility index (Phi) is 5.13. The fourth-order valence-electron chi connectivity index (χ4n) is 2.22. The molecule has 21 heavy (non-hydrogen) atoms. The number of sulfonamides is 1. The molecule has 0 spiro atoms. The molecule has 1 aliphatic rings. The predicted molar refractivity (Wildman–Crippen MR) is 83.9 cm³/mol. The van der Waals surface area contributed by atoms with Gasteiger partial charge in [0, 0.05) is 18.0 Å². The van der Waals surface area contributed by atoms with Crippen molar-refractivity contribution in [1.29, 1.82) is 0 Å². The van der Waals surface area contributed by atoms with Gasteiger partial charge < -0.3 is 0 Å². The number of rotatable bonds is 4. The topological polar surface area (TPSA) is 78.8 Å². The number of piperidine rings is 1. The predicted octanol–water partition coefficient (Wildman–Crippen LogP) is 1.18. The average Bonchev–Trinajstić information content (AvgIpc) is 2.83. The van der Waals surface area contributed by atoms with E-state index < -0.39 is 10.0 Å². The van der Waals surface area contributed by atoms with Crippen LogP contribution in [0.25, 0.3) is 0 Å².